The van der Waals surface area contributed by atoms with Gasteiger partial charge in [0.2, 0.25) is 5.91 Å². The number of halogens is 1. The summed E-state index contributed by atoms with van der Waals surface area (Å²) in [5.41, 5.74) is 6.24. The molecule has 2 bridgehead atoms. The van der Waals surface area contributed by atoms with Gasteiger partial charge in [-0.05, 0) is 38.1 Å². The van der Waals surface area contributed by atoms with E-state index in [0.717, 1.165) is 26.2 Å². The van der Waals surface area contributed by atoms with Crippen LogP contribution in [-0.2, 0) is 4.79 Å². The third-order valence-corrected chi connectivity index (χ3v) is 5.08. The Balaban J connectivity index is 0.00000120. The van der Waals surface area contributed by atoms with E-state index in [1.165, 1.54) is 19.3 Å². The van der Waals surface area contributed by atoms with Gasteiger partial charge in [-0.1, -0.05) is 0 Å². The summed E-state index contributed by atoms with van der Waals surface area (Å²) in [5.74, 6) is 1.69. The van der Waals surface area contributed by atoms with Crippen LogP contribution in [0.1, 0.15) is 19.3 Å². The first-order chi connectivity index (χ1) is 8.16. The normalized spacial score (nSPS) is 39.8. The highest BCUT2D eigenvalue weighted by molar-refractivity contribution is 5.85. The Hall–Kier alpha value is -0.320. The van der Waals surface area contributed by atoms with Gasteiger partial charge in [-0.3, -0.25) is 4.79 Å². The van der Waals surface area contributed by atoms with E-state index in [1.807, 2.05) is 4.90 Å². The Bertz CT molecular complexity index is 315. The summed E-state index contributed by atoms with van der Waals surface area (Å²) < 4.78 is 0. The molecule has 1 saturated heterocycles. The van der Waals surface area contributed by atoms with Gasteiger partial charge in [-0.2, -0.15) is 0 Å². The fourth-order valence-electron chi connectivity index (χ4n) is 3.94. The van der Waals surface area contributed by atoms with Crippen molar-refractivity contribution in [3.8, 4) is 0 Å². The van der Waals surface area contributed by atoms with Gasteiger partial charge in [0.25, 0.3) is 0 Å². The lowest BCUT2D eigenvalue weighted by molar-refractivity contribution is -0.139. The summed E-state index contributed by atoms with van der Waals surface area (Å²) in [7, 11) is 2.12. The fourth-order valence-corrected chi connectivity index (χ4v) is 3.94. The summed E-state index contributed by atoms with van der Waals surface area (Å²) in [5, 5.41) is 0. The van der Waals surface area contributed by atoms with Gasteiger partial charge < -0.3 is 15.5 Å². The number of hydrogen-bond donors (Lipinski definition) is 1. The first-order valence-corrected chi connectivity index (χ1v) is 6.89. The van der Waals surface area contributed by atoms with Crippen molar-refractivity contribution in [3.63, 3.8) is 0 Å². The molecule has 0 spiro atoms. The van der Waals surface area contributed by atoms with E-state index in [1.54, 1.807) is 0 Å². The third-order valence-electron chi connectivity index (χ3n) is 5.08. The predicted octanol–water partition coefficient (Wildman–Crippen LogP) is 0.556. The van der Waals surface area contributed by atoms with Gasteiger partial charge in [-0.25, -0.2) is 0 Å². The monoisotopic (exact) mass is 273 g/mol. The Kier molecular flexibility index (Phi) is 4.19. The quantitative estimate of drug-likeness (QED) is 0.759. The first-order valence-electron chi connectivity index (χ1n) is 6.89. The number of fused-ring (bicyclic) bond motifs is 2. The van der Waals surface area contributed by atoms with Gasteiger partial charge in [0, 0.05) is 32.2 Å². The van der Waals surface area contributed by atoms with Crippen molar-refractivity contribution >= 4 is 18.3 Å². The number of carbonyl (C=O) groups excluding carboxylic acids is 1. The summed E-state index contributed by atoms with van der Waals surface area (Å²) in [6, 6.07) is 0.140. The van der Waals surface area contributed by atoms with Crippen molar-refractivity contribution in [3.05, 3.63) is 0 Å². The maximum atomic E-state index is 12.5. The number of nitrogens with zero attached hydrogens (tertiary/aromatic N) is 2. The van der Waals surface area contributed by atoms with Crippen LogP contribution in [0.3, 0.4) is 0 Å². The molecule has 2 saturated carbocycles. The zero-order valence-corrected chi connectivity index (χ0v) is 11.9. The van der Waals surface area contributed by atoms with Crippen LogP contribution in [0.25, 0.3) is 0 Å². The van der Waals surface area contributed by atoms with Crippen molar-refractivity contribution in [1.82, 2.24) is 9.80 Å². The summed E-state index contributed by atoms with van der Waals surface area (Å²) in [4.78, 5) is 16.9. The Labute approximate surface area is 115 Å². The summed E-state index contributed by atoms with van der Waals surface area (Å²) in [6.45, 7) is 3.77. The number of rotatable bonds is 1. The van der Waals surface area contributed by atoms with Crippen molar-refractivity contribution in [2.24, 2.45) is 23.5 Å². The number of hydrogen-bond acceptors (Lipinski definition) is 3. The molecule has 0 aromatic carbocycles. The van der Waals surface area contributed by atoms with Crippen LogP contribution in [0.15, 0.2) is 0 Å². The predicted molar refractivity (Wildman–Crippen MR) is 73.6 cm³/mol. The SMILES string of the molecule is CN1CCN(C(=O)C2C3CCC(C3)C2N)CC1.Cl. The molecule has 2 N–H and O–H groups in total. The second-order valence-electron chi connectivity index (χ2n) is 6.06. The highest BCUT2D eigenvalue weighted by Gasteiger charge is 2.50. The topological polar surface area (TPSA) is 49.6 Å². The van der Waals surface area contributed by atoms with Crippen molar-refractivity contribution in [2.75, 3.05) is 33.2 Å². The minimum Gasteiger partial charge on any atom is -0.340 e. The molecule has 5 heteroatoms. The van der Waals surface area contributed by atoms with Gasteiger partial charge in [0.1, 0.15) is 0 Å². The highest BCUT2D eigenvalue weighted by atomic mass is 35.5. The second-order valence-corrected chi connectivity index (χ2v) is 6.06. The number of likely N-dealkylation sites (N-methyl/N-ethyl adjacent to an activating group) is 1. The maximum absolute atomic E-state index is 12.5. The van der Waals surface area contributed by atoms with E-state index in [-0.39, 0.29) is 24.4 Å². The fraction of sp³-hybridized carbons (Fsp3) is 0.923. The van der Waals surface area contributed by atoms with E-state index < -0.39 is 0 Å². The van der Waals surface area contributed by atoms with Crippen LogP contribution in [0.2, 0.25) is 0 Å². The van der Waals surface area contributed by atoms with Gasteiger partial charge in [0.15, 0.2) is 0 Å². The largest absolute Gasteiger partial charge is 0.340 e. The van der Waals surface area contributed by atoms with Crippen LogP contribution in [-0.4, -0.2) is 55.0 Å². The molecule has 1 aliphatic heterocycles. The molecule has 3 rings (SSSR count). The molecule has 104 valence electrons. The summed E-state index contributed by atoms with van der Waals surface area (Å²) in [6.07, 6.45) is 3.67. The van der Waals surface area contributed by atoms with Crippen LogP contribution in [0.5, 0.6) is 0 Å². The highest BCUT2D eigenvalue weighted by Crippen LogP contribution is 2.48. The minimum absolute atomic E-state index is 0. The second kappa shape index (κ2) is 5.35. The zero-order chi connectivity index (χ0) is 12.0. The van der Waals surface area contributed by atoms with E-state index in [9.17, 15) is 4.79 Å². The van der Waals surface area contributed by atoms with Crippen LogP contribution in [0.4, 0.5) is 0 Å². The Morgan fingerprint density at radius 1 is 1.11 bits per heavy atom. The number of piperazine rings is 1. The van der Waals surface area contributed by atoms with Gasteiger partial charge in [0.05, 0.1) is 5.92 Å². The maximum Gasteiger partial charge on any atom is 0.227 e. The van der Waals surface area contributed by atoms with Crippen molar-refractivity contribution in [1.29, 1.82) is 0 Å². The molecule has 3 aliphatic rings. The minimum atomic E-state index is 0. The molecule has 4 nitrogen and oxygen atoms in total. The lowest BCUT2D eigenvalue weighted by Gasteiger charge is -2.37. The molecule has 4 unspecified atom stereocenters. The van der Waals surface area contributed by atoms with Crippen molar-refractivity contribution in [2.45, 2.75) is 25.3 Å². The molecular formula is C13H24ClN3O. The van der Waals surface area contributed by atoms with Crippen LogP contribution < -0.4 is 5.73 Å². The average molecular weight is 274 g/mol. The van der Waals surface area contributed by atoms with E-state index in [4.69, 9.17) is 5.73 Å². The number of nitrogens with two attached hydrogens (primary N) is 1. The van der Waals surface area contributed by atoms with E-state index in [0.29, 0.717) is 17.7 Å². The van der Waals surface area contributed by atoms with E-state index >= 15 is 0 Å². The molecule has 4 atom stereocenters. The molecule has 0 radical (unpaired) electrons. The zero-order valence-electron chi connectivity index (χ0n) is 11.0. The molecule has 0 aromatic rings. The third kappa shape index (κ3) is 2.26. The Morgan fingerprint density at radius 3 is 2.28 bits per heavy atom. The molecular weight excluding hydrogens is 250 g/mol. The summed E-state index contributed by atoms with van der Waals surface area (Å²) >= 11 is 0. The van der Waals surface area contributed by atoms with E-state index in [2.05, 4.69) is 11.9 Å². The molecule has 0 aromatic heterocycles. The van der Waals surface area contributed by atoms with Crippen LogP contribution >= 0.6 is 12.4 Å². The van der Waals surface area contributed by atoms with Gasteiger partial charge in [-0.15, -0.1) is 12.4 Å². The number of amides is 1. The lowest BCUT2D eigenvalue weighted by Crippen LogP contribution is -2.53. The smallest absolute Gasteiger partial charge is 0.227 e. The van der Waals surface area contributed by atoms with Gasteiger partial charge >= 0.3 is 0 Å². The van der Waals surface area contributed by atoms with Crippen LogP contribution in [0, 0.1) is 17.8 Å². The molecule has 3 fully saturated rings. The number of carbonyl (C=O) groups is 1. The lowest BCUT2D eigenvalue weighted by atomic mass is 9.84. The molecule has 1 amide bonds. The van der Waals surface area contributed by atoms with Crippen molar-refractivity contribution < 1.29 is 4.79 Å². The molecule has 1 heterocycles. The average Bonchev–Trinajstić information content (AvgIpc) is 2.89. The Morgan fingerprint density at radius 2 is 1.72 bits per heavy atom. The standard InChI is InChI=1S/C13H23N3O.ClH/c1-15-4-6-16(7-5-15)13(17)11-9-2-3-10(8-9)12(11)14;/h9-12H,2-8,14H2,1H3;1H. The first kappa shape index (κ1) is 14.1. The molecule has 18 heavy (non-hydrogen) atoms. The molecule has 2 aliphatic carbocycles.